The minimum atomic E-state index is 0.399. The van der Waals surface area contributed by atoms with E-state index in [9.17, 15) is 0 Å². The second kappa shape index (κ2) is 8.37. The number of rotatable bonds is 7. The van der Waals surface area contributed by atoms with Crippen molar-refractivity contribution in [3.05, 3.63) is 60.2 Å². The Morgan fingerprint density at radius 3 is 1.77 bits per heavy atom. The van der Waals surface area contributed by atoms with Gasteiger partial charge in [0.05, 0.1) is 34.0 Å². The summed E-state index contributed by atoms with van der Waals surface area (Å²) in [6.07, 6.45) is 0. The Bertz CT molecular complexity index is 1190. The normalized spacial score (nSPS) is 10.8. The van der Waals surface area contributed by atoms with E-state index in [1.54, 1.807) is 28.4 Å². The Kier molecular flexibility index (Phi) is 5.48. The molecular formula is C24H23NO5. The summed E-state index contributed by atoms with van der Waals surface area (Å²) in [5, 5.41) is 2.64. The number of nitrogens with zero attached hydrogens (tertiary/aromatic N) is 1. The molecular weight excluding hydrogens is 382 g/mol. The number of fused-ring (bicyclic) bond motifs is 3. The van der Waals surface area contributed by atoms with E-state index in [2.05, 4.69) is 0 Å². The number of benzene rings is 3. The molecule has 0 saturated carbocycles. The van der Waals surface area contributed by atoms with Gasteiger partial charge in [-0.25, -0.2) is 4.98 Å². The molecule has 6 nitrogen and oxygen atoms in total. The van der Waals surface area contributed by atoms with Crippen LogP contribution in [0.3, 0.4) is 0 Å². The van der Waals surface area contributed by atoms with Crippen LogP contribution in [0.15, 0.2) is 54.6 Å². The third kappa shape index (κ3) is 3.52. The van der Waals surface area contributed by atoms with Crippen molar-refractivity contribution in [1.29, 1.82) is 0 Å². The first kappa shape index (κ1) is 19.6. The maximum Gasteiger partial charge on any atom is 0.222 e. The fraction of sp³-hybridized carbons (Fsp3) is 0.208. The minimum Gasteiger partial charge on any atom is -0.493 e. The summed E-state index contributed by atoms with van der Waals surface area (Å²) in [4.78, 5) is 4.78. The molecule has 0 fully saturated rings. The molecule has 0 bridgehead atoms. The smallest absolute Gasteiger partial charge is 0.222 e. The molecule has 1 heterocycles. The van der Waals surface area contributed by atoms with Gasteiger partial charge in [0, 0.05) is 22.2 Å². The summed E-state index contributed by atoms with van der Waals surface area (Å²) >= 11 is 0. The number of hydrogen-bond acceptors (Lipinski definition) is 6. The van der Waals surface area contributed by atoms with Crippen molar-refractivity contribution in [3.63, 3.8) is 0 Å². The number of aromatic nitrogens is 1. The molecule has 6 heteroatoms. The Hall–Kier alpha value is -3.67. The van der Waals surface area contributed by atoms with Gasteiger partial charge in [-0.3, -0.25) is 0 Å². The summed E-state index contributed by atoms with van der Waals surface area (Å²) in [6, 6.07) is 17.5. The lowest BCUT2D eigenvalue weighted by Crippen LogP contribution is -2.00. The van der Waals surface area contributed by atoms with Gasteiger partial charge in [0.15, 0.2) is 23.0 Å². The van der Waals surface area contributed by atoms with Crippen molar-refractivity contribution in [3.8, 4) is 28.9 Å². The molecule has 4 aromatic rings. The van der Waals surface area contributed by atoms with Crippen LogP contribution in [0.4, 0.5) is 0 Å². The van der Waals surface area contributed by atoms with Gasteiger partial charge in [0.25, 0.3) is 0 Å². The zero-order valence-electron chi connectivity index (χ0n) is 17.4. The van der Waals surface area contributed by atoms with E-state index in [1.165, 1.54) is 0 Å². The van der Waals surface area contributed by atoms with E-state index in [-0.39, 0.29) is 0 Å². The van der Waals surface area contributed by atoms with Crippen LogP contribution >= 0.6 is 0 Å². The second-order valence-electron chi connectivity index (χ2n) is 6.67. The Morgan fingerprint density at radius 2 is 1.17 bits per heavy atom. The van der Waals surface area contributed by atoms with Crippen LogP contribution in [0, 0.1) is 0 Å². The molecule has 154 valence electrons. The van der Waals surface area contributed by atoms with Crippen LogP contribution in [-0.2, 0) is 6.61 Å². The van der Waals surface area contributed by atoms with Crippen molar-refractivity contribution >= 4 is 21.7 Å². The molecule has 0 radical (unpaired) electrons. The average molecular weight is 405 g/mol. The van der Waals surface area contributed by atoms with Crippen molar-refractivity contribution in [2.45, 2.75) is 6.61 Å². The van der Waals surface area contributed by atoms with E-state index in [4.69, 9.17) is 28.7 Å². The van der Waals surface area contributed by atoms with E-state index in [0.29, 0.717) is 35.5 Å². The van der Waals surface area contributed by atoms with Gasteiger partial charge >= 0.3 is 0 Å². The van der Waals surface area contributed by atoms with Crippen LogP contribution < -0.4 is 23.7 Å². The molecule has 30 heavy (non-hydrogen) atoms. The van der Waals surface area contributed by atoms with Gasteiger partial charge < -0.3 is 23.7 Å². The van der Waals surface area contributed by atoms with Gasteiger partial charge in [0.1, 0.15) is 6.61 Å². The van der Waals surface area contributed by atoms with Crippen LogP contribution in [-0.4, -0.2) is 33.4 Å². The lowest BCUT2D eigenvalue weighted by Gasteiger charge is -2.16. The van der Waals surface area contributed by atoms with Gasteiger partial charge in [-0.2, -0.15) is 0 Å². The molecule has 0 spiro atoms. The highest BCUT2D eigenvalue weighted by atomic mass is 16.5. The van der Waals surface area contributed by atoms with Crippen LogP contribution in [0.2, 0.25) is 0 Å². The maximum absolute atomic E-state index is 6.14. The van der Waals surface area contributed by atoms with Crippen molar-refractivity contribution in [1.82, 2.24) is 4.98 Å². The van der Waals surface area contributed by atoms with E-state index in [0.717, 1.165) is 27.2 Å². The number of hydrogen-bond donors (Lipinski definition) is 0. The lowest BCUT2D eigenvalue weighted by molar-refractivity contribution is 0.299. The Labute approximate surface area is 174 Å². The first-order valence-corrected chi connectivity index (χ1v) is 9.46. The molecule has 0 atom stereocenters. The quantitative estimate of drug-likeness (QED) is 0.403. The molecule has 0 aliphatic carbocycles. The number of methoxy groups -OCH3 is 4. The van der Waals surface area contributed by atoms with Crippen molar-refractivity contribution < 1.29 is 23.7 Å². The topological polar surface area (TPSA) is 59.0 Å². The van der Waals surface area contributed by atoms with Gasteiger partial charge in [-0.15, -0.1) is 0 Å². The van der Waals surface area contributed by atoms with E-state index < -0.39 is 0 Å². The predicted octanol–water partition coefficient (Wildman–Crippen LogP) is 5.00. The first-order valence-electron chi connectivity index (χ1n) is 9.46. The SMILES string of the molecule is COc1cc2nc(OCc3ccccc3)c3cc(OC)c(OC)cc3c2cc1OC. The van der Waals surface area contributed by atoms with Crippen LogP contribution in [0.25, 0.3) is 21.7 Å². The molecule has 0 saturated heterocycles. The van der Waals surface area contributed by atoms with Crippen LogP contribution in [0.1, 0.15) is 5.56 Å². The first-order chi connectivity index (χ1) is 14.7. The maximum atomic E-state index is 6.14. The second-order valence-corrected chi connectivity index (χ2v) is 6.67. The minimum absolute atomic E-state index is 0.399. The molecule has 0 amide bonds. The molecule has 4 rings (SSSR count). The summed E-state index contributed by atoms with van der Waals surface area (Å²) in [7, 11) is 6.44. The standard InChI is InChI=1S/C24H23NO5/c1-26-20-10-16-17-11-21(27-2)23(29-4)13-19(17)25-24(18(16)12-22(20)28-3)30-14-15-8-6-5-7-9-15/h5-13H,14H2,1-4H3. The molecule has 0 aliphatic heterocycles. The fourth-order valence-electron chi connectivity index (χ4n) is 3.46. The predicted molar refractivity (Wildman–Crippen MR) is 116 cm³/mol. The van der Waals surface area contributed by atoms with Crippen molar-refractivity contribution in [2.24, 2.45) is 0 Å². The molecule has 0 N–H and O–H groups in total. The van der Waals surface area contributed by atoms with Gasteiger partial charge in [0.2, 0.25) is 5.88 Å². The number of pyridine rings is 1. The molecule has 0 unspecified atom stereocenters. The Balaban J connectivity index is 1.95. The molecule has 0 aliphatic rings. The zero-order chi connectivity index (χ0) is 21.1. The lowest BCUT2D eigenvalue weighted by atomic mass is 10.0. The zero-order valence-corrected chi connectivity index (χ0v) is 17.4. The van der Waals surface area contributed by atoms with Crippen LogP contribution in [0.5, 0.6) is 28.9 Å². The highest BCUT2D eigenvalue weighted by Crippen LogP contribution is 2.42. The summed E-state index contributed by atoms with van der Waals surface area (Å²) < 4.78 is 28.1. The highest BCUT2D eigenvalue weighted by molar-refractivity contribution is 6.09. The average Bonchev–Trinajstić information content (AvgIpc) is 2.81. The van der Waals surface area contributed by atoms with Gasteiger partial charge in [-0.05, 0) is 23.8 Å². The fourth-order valence-corrected chi connectivity index (χ4v) is 3.46. The summed E-state index contributed by atoms with van der Waals surface area (Å²) in [6.45, 7) is 0.399. The third-order valence-corrected chi connectivity index (χ3v) is 4.99. The van der Waals surface area contributed by atoms with E-state index >= 15 is 0 Å². The number of ether oxygens (including phenoxy) is 5. The monoisotopic (exact) mass is 405 g/mol. The highest BCUT2D eigenvalue weighted by Gasteiger charge is 2.17. The Morgan fingerprint density at radius 1 is 0.633 bits per heavy atom. The van der Waals surface area contributed by atoms with E-state index in [1.807, 2.05) is 54.6 Å². The summed E-state index contributed by atoms with van der Waals surface area (Å²) in [5.41, 5.74) is 1.79. The van der Waals surface area contributed by atoms with Gasteiger partial charge in [-0.1, -0.05) is 30.3 Å². The molecule has 1 aromatic heterocycles. The third-order valence-electron chi connectivity index (χ3n) is 4.99. The van der Waals surface area contributed by atoms with Crippen molar-refractivity contribution in [2.75, 3.05) is 28.4 Å². The summed E-state index contributed by atoms with van der Waals surface area (Å²) in [5.74, 6) is 2.97. The largest absolute Gasteiger partial charge is 0.493 e. The molecule has 3 aromatic carbocycles.